The number of carboxylic acid groups (broad SMARTS) is 1. The van der Waals surface area contributed by atoms with Crippen LogP contribution in [0.3, 0.4) is 0 Å². The maximum absolute atomic E-state index is 11.6. The number of nitrogen functional groups attached to an aromatic ring is 1. The van der Waals surface area contributed by atoms with E-state index in [0.717, 1.165) is 0 Å². The lowest BCUT2D eigenvalue weighted by atomic mass is 10.1. The monoisotopic (exact) mass is 304 g/mol. The topological polar surface area (TPSA) is 118 Å². The summed E-state index contributed by atoms with van der Waals surface area (Å²) in [6.45, 7) is 0. The Hall–Kier alpha value is -2.74. The van der Waals surface area contributed by atoms with Crippen molar-refractivity contribution < 1.29 is 14.7 Å². The quantitative estimate of drug-likeness (QED) is 0.565. The molecule has 2 aromatic rings. The second kappa shape index (κ2) is 6.62. The Labute approximate surface area is 124 Å². The van der Waals surface area contributed by atoms with Crippen molar-refractivity contribution in [3.8, 4) is 0 Å². The van der Waals surface area contributed by atoms with Gasteiger partial charge in [0.15, 0.2) is 5.13 Å². The van der Waals surface area contributed by atoms with Crippen LogP contribution in [0.25, 0.3) is 0 Å². The van der Waals surface area contributed by atoms with Gasteiger partial charge in [-0.05, 0) is 6.07 Å². The van der Waals surface area contributed by atoms with Crippen molar-refractivity contribution in [1.82, 2.24) is 10.4 Å². The molecule has 0 saturated carbocycles. The third-order valence-electron chi connectivity index (χ3n) is 2.50. The van der Waals surface area contributed by atoms with Crippen LogP contribution in [0.5, 0.6) is 0 Å². The van der Waals surface area contributed by atoms with Crippen LogP contribution in [0.4, 0.5) is 5.13 Å². The van der Waals surface area contributed by atoms with E-state index < -0.39 is 5.97 Å². The Morgan fingerprint density at radius 1 is 1.43 bits per heavy atom. The molecule has 7 nitrogen and oxygen atoms in total. The average molecular weight is 304 g/mol. The van der Waals surface area contributed by atoms with E-state index in [9.17, 15) is 9.59 Å². The molecule has 0 radical (unpaired) electrons. The minimum absolute atomic E-state index is 0.0611. The van der Waals surface area contributed by atoms with Crippen LogP contribution in [0.1, 0.15) is 21.6 Å². The fraction of sp³-hybridized carbons (Fsp3) is 0.0769. The van der Waals surface area contributed by atoms with Gasteiger partial charge in [-0.15, -0.1) is 11.3 Å². The van der Waals surface area contributed by atoms with Gasteiger partial charge in [0.25, 0.3) is 0 Å². The highest BCUT2D eigenvalue weighted by atomic mass is 32.1. The predicted octanol–water partition coefficient (Wildman–Crippen LogP) is 1.12. The van der Waals surface area contributed by atoms with E-state index >= 15 is 0 Å². The zero-order valence-corrected chi connectivity index (χ0v) is 11.6. The number of hydrazone groups is 1. The maximum atomic E-state index is 11.6. The van der Waals surface area contributed by atoms with Gasteiger partial charge in [0.1, 0.15) is 0 Å². The summed E-state index contributed by atoms with van der Waals surface area (Å²) in [5, 5.41) is 14.8. The number of rotatable bonds is 5. The highest BCUT2D eigenvalue weighted by Gasteiger charge is 2.08. The van der Waals surface area contributed by atoms with Crippen LogP contribution < -0.4 is 11.2 Å². The van der Waals surface area contributed by atoms with E-state index in [1.54, 1.807) is 23.6 Å². The smallest absolute Gasteiger partial charge is 0.336 e. The molecular formula is C13H12N4O3S. The molecule has 0 aliphatic rings. The Morgan fingerprint density at radius 3 is 2.86 bits per heavy atom. The van der Waals surface area contributed by atoms with Crippen molar-refractivity contribution in [1.29, 1.82) is 0 Å². The SMILES string of the molecule is Nc1nc(CC(=O)N/N=C/c2ccccc2C(=O)O)cs1. The first-order chi connectivity index (χ1) is 10.1. The van der Waals surface area contributed by atoms with Crippen LogP contribution in [0.2, 0.25) is 0 Å². The zero-order chi connectivity index (χ0) is 15.2. The molecule has 0 saturated heterocycles. The van der Waals surface area contributed by atoms with E-state index in [2.05, 4.69) is 15.5 Å². The number of carbonyl (C=O) groups is 2. The van der Waals surface area contributed by atoms with Crippen LogP contribution >= 0.6 is 11.3 Å². The van der Waals surface area contributed by atoms with Crippen molar-refractivity contribution in [3.05, 3.63) is 46.5 Å². The number of carboxylic acids is 1. The molecule has 1 amide bonds. The van der Waals surface area contributed by atoms with Crippen molar-refractivity contribution >= 4 is 34.6 Å². The number of hydrogen-bond donors (Lipinski definition) is 3. The molecule has 4 N–H and O–H groups in total. The number of carbonyl (C=O) groups excluding carboxylic acids is 1. The fourth-order valence-electron chi connectivity index (χ4n) is 1.59. The molecule has 1 aromatic heterocycles. The van der Waals surface area contributed by atoms with Gasteiger partial charge in [-0.25, -0.2) is 15.2 Å². The number of nitrogens with one attached hydrogen (secondary N) is 1. The molecule has 0 aliphatic carbocycles. The van der Waals surface area contributed by atoms with E-state index in [1.807, 2.05) is 0 Å². The molecule has 1 heterocycles. The number of amides is 1. The van der Waals surface area contributed by atoms with E-state index in [4.69, 9.17) is 10.8 Å². The van der Waals surface area contributed by atoms with Gasteiger partial charge in [-0.3, -0.25) is 4.79 Å². The first kappa shape index (κ1) is 14.7. The zero-order valence-electron chi connectivity index (χ0n) is 10.8. The summed E-state index contributed by atoms with van der Waals surface area (Å²) in [6, 6.07) is 6.36. The Balaban J connectivity index is 1.96. The highest BCUT2D eigenvalue weighted by Crippen LogP contribution is 2.11. The Kier molecular flexibility index (Phi) is 4.62. The van der Waals surface area contributed by atoms with Gasteiger partial charge in [0, 0.05) is 10.9 Å². The normalized spacial score (nSPS) is 10.7. The van der Waals surface area contributed by atoms with Crippen molar-refractivity contribution in [2.45, 2.75) is 6.42 Å². The summed E-state index contributed by atoms with van der Waals surface area (Å²) in [7, 11) is 0. The minimum Gasteiger partial charge on any atom is -0.478 e. The van der Waals surface area contributed by atoms with Crippen LogP contribution in [0, 0.1) is 0 Å². The summed E-state index contributed by atoms with van der Waals surface area (Å²) in [5.41, 5.74) is 8.87. The van der Waals surface area contributed by atoms with Gasteiger partial charge in [0.2, 0.25) is 5.91 Å². The lowest BCUT2D eigenvalue weighted by Crippen LogP contribution is -2.20. The second-order valence-corrected chi connectivity index (χ2v) is 4.93. The number of nitrogens with two attached hydrogens (primary N) is 1. The van der Waals surface area contributed by atoms with Crippen LogP contribution in [0.15, 0.2) is 34.7 Å². The Morgan fingerprint density at radius 2 is 2.19 bits per heavy atom. The number of benzene rings is 1. The molecular weight excluding hydrogens is 292 g/mol. The molecule has 0 bridgehead atoms. The van der Waals surface area contributed by atoms with E-state index in [-0.39, 0.29) is 17.9 Å². The average Bonchev–Trinajstić information content (AvgIpc) is 2.84. The summed E-state index contributed by atoms with van der Waals surface area (Å²) in [4.78, 5) is 26.6. The number of thiazole rings is 1. The second-order valence-electron chi connectivity index (χ2n) is 4.04. The van der Waals surface area contributed by atoms with E-state index in [1.165, 1.54) is 23.6 Å². The summed E-state index contributed by atoms with van der Waals surface area (Å²) in [6.07, 6.45) is 1.35. The Bertz CT molecular complexity index is 696. The molecule has 1 aromatic carbocycles. The summed E-state index contributed by atoms with van der Waals surface area (Å²) < 4.78 is 0. The van der Waals surface area contributed by atoms with Gasteiger partial charge < -0.3 is 10.8 Å². The third-order valence-corrected chi connectivity index (χ3v) is 3.22. The van der Waals surface area contributed by atoms with Crippen molar-refractivity contribution in [2.24, 2.45) is 5.10 Å². The number of aromatic nitrogens is 1. The molecule has 8 heteroatoms. The molecule has 21 heavy (non-hydrogen) atoms. The first-order valence-electron chi connectivity index (χ1n) is 5.90. The third kappa shape index (κ3) is 4.11. The molecule has 108 valence electrons. The standard InChI is InChI=1S/C13H12N4O3S/c14-13-16-9(7-21-13)5-11(18)17-15-6-8-3-1-2-4-10(8)12(19)20/h1-4,6-7H,5H2,(H2,14,16)(H,17,18)(H,19,20)/b15-6+. The largest absolute Gasteiger partial charge is 0.478 e. The highest BCUT2D eigenvalue weighted by molar-refractivity contribution is 7.13. The van der Waals surface area contributed by atoms with Crippen LogP contribution in [-0.4, -0.2) is 28.2 Å². The van der Waals surface area contributed by atoms with Gasteiger partial charge in [0.05, 0.1) is 23.9 Å². The number of hydrogen-bond acceptors (Lipinski definition) is 6. The number of aromatic carboxylic acids is 1. The summed E-state index contributed by atoms with van der Waals surface area (Å²) in [5.74, 6) is -1.41. The molecule has 0 fully saturated rings. The summed E-state index contributed by atoms with van der Waals surface area (Å²) >= 11 is 1.26. The van der Waals surface area contributed by atoms with E-state index in [0.29, 0.717) is 16.4 Å². The molecule has 0 aliphatic heterocycles. The van der Waals surface area contributed by atoms with Gasteiger partial charge in [-0.1, -0.05) is 18.2 Å². The van der Waals surface area contributed by atoms with Crippen molar-refractivity contribution in [2.75, 3.05) is 5.73 Å². The fourth-order valence-corrected chi connectivity index (χ4v) is 2.15. The predicted molar refractivity (Wildman–Crippen MR) is 79.4 cm³/mol. The van der Waals surface area contributed by atoms with Crippen molar-refractivity contribution in [3.63, 3.8) is 0 Å². The molecule has 0 atom stereocenters. The lowest BCUT2D eigenvalue weighted by molar-refractivity contribution is -0.120. The molecule has 2 rings (SSSR count). The number of nitrogens with zero attached hydrogens (tertiary/aromatic N) is 2. The lowest BCUT2D eigenvalue weighted by Gasteiger charge is -2.00. The number of anilines is 1. The van der Waals surface area contributed by atoms with Crippen LogP contribution in [-0.2, 0) is 11.2 Å². The van der Waals surface area contributed by atoms with Gasteiger partial charge >= 0.3 is 5.97 Å². The maximum Gasteiger partial charge on any atom is 0.336 e. The minimum atomic E-state index is -1.05. The van der Waals surface area contributed by atoms with Gasteiger partial charge in [-0.2, -0.15) is 5.10 Å². The molecule has 0 spiro atoms. The molecule has 0 unspecified atom stereocenters. The first-order valence-corrected chi connectivity index (χ1v) is 6.78.